The Hall–Kier alpha value is -2.34. The Bertz CT molecular complexity index is 721. The van der Waals surface area contributed by atoms with Crippen LogP contribution in [0.1, 0.15) is 33.6 Å². The molecule has 0 saturated carbocycles. The molecule has 0 radical (unpaired) electrons. The molecule has 27 heavy (non-hydrogen) atoms. The molecule has 0 amide bonds. The van der Waals surface area contributed by atoms with Crippen molar-refractivity contribution in [3.05, 3.63) is 36.5 Å². The Morgan fingerprint density at radius 2 is 2.19 bits per heavy atom. The van der Waals surface area contributed by atoms with E-state index in [0.29, 0.717) is 12.0 Å². The van der Waals surface area contributed by atoms with Gasteiger partial charge in [-0.05, 0) is 57.4 Å². The minimum Gasteiger partial charge on any atom is -0.493 e. The van der Waals surface area contributed by atoms with Crippen LogP contribution in [0.15, 0.2) is 36.5 Å². The van der Waals surface area contributed by atoms with E-state index in [0.717, 1.165) is 42.7 Å². The smallest absolute Gasteiger partial charge is 0.229 e. The van der Waals surface area contributed by atoms with Crippen molar-refractivity contribution in [2.75, 3.05) is 36.9 Å². The van der Waals surface area contributed by atoms with Gasteiger partial charge in [-0.1, -0.05) is 13.0 Å². The number of benzene rings is 1. The van der Waals surface area contributed by atoms with Gasteiger partial charge in [0.1, 0.15) is 11.6 Å². The van der Waals surface area contributed by atoms with Crippen LogP contribution in [0.4, 0.5) is 17.5 Å². The van der Waals surface area contributed by atoms with Crippen LogP contribution in [0.2, 0.25) is 0 Å². The van der Waals surface area contributed by atoms with Crippen LogP contribution in [-0.2, 0) is 0 Å². The van der Waals surface area contributed by atoms with E-state index in [1.54, 1.807) is 6.20 Å². The molecule has 1 aliphatic heterocycles. The molecular weight excluding hydrogens is 338 g/mol. The zero-order valence-electron chi connectivity index (χ0n) is 16.6. The molecule has 2 heterocycles. The molecule has 0 aliphatic carbocycles. The lowest BCUT2D eigenvalue weighted by atomic mass is 10.2. The Morgan fingerprint density at radius 3 is 2.96 bits per heavy atom. The number of hydrogen-bond donors (Lipinski definition) is 2. The Morgan fingerprint density at radius 1 is 1.30 bits per heavy atom. The molecule has 6 nitrogen and oxygen atoms in total. The molecule has 3 rings (SSSR count). The molecule has 146 valence electrons. The normalized spacial score (nSPS) is 17.3. The molecule has 1 aliphatic rings. The third-order valence-electron chi connectivity index (χ3n) is 4.58. The number of hydrogen-bond acceptors (Lipinski definition) is 6. The third-order valence-corrected chi connectivity index (χ3v) is 4.58. The molecule has 0 bridgehead atoms. The lowest BCUT2D eigenvalue weighted by Crippen LogP contribution is -2.22. The van der Waals surface area contributed by atoms with Crippen molar-refractivity contribution in [2.45, 2.75) is 39.7 Å². The first-order valence-electron chi connectivity index (χ1n) is 9.90. The Kier molecular flexibility index (Phi) is 6.87. The zero-order valence-corrected chi connectivity index (χ0v) is 16.6. The van der Waals surface area contributed by atoms with Crippen LogP contribution in [0.5, 0.6) is 5.75 Å². The van der Waals surface area contributed by atoms with Crippen LogP contribution in [0.25, 0.3) is 0 Å². The fourth-order valence-corrected chi connectivity index (χ4v) is 3.30. The minimum atomic E-state index is 0.327. The monoisotopic (exact) mass is 369 g/mol. The maximum atomic E-state index is 5.93. The number of rotatable bonds is 9. The third kappa shape index (κ3) is 6.40. The van der Waals surface area contributed by atoms with Crippen molar-refractivity contribution >= 4 is 17.5 Å². The summed E-state index contributed by atoms with van der Waals surface area (Å²) >= 11 is 0. The van der Waals surface area contributed by atoms with Gasteiger partial charge >= 0.3 is 0 Å². The van der Waals surface area contributed by atoms with E-state index in [4.69, 9.17) is 4.74 Å². The number of aromatic nitrogens is 2. The second-order valence-corrected chi connectivity index (χ2v) is 7.61. The summed E-state index contributed by atoms with van der Waals surface area (Å²) in [7, 11) is 0. The molecule has 1 atom stereocenters. The molecule has 1 aromatic carbocycles. The molecule has 6 heteroatoms. The second-order valence-electron chi connectivity index (χ2n) is 7.61. The predicted octanol–water partition coefficient (Wildman–Crippen LogP) is 4.15. The Balaban J connectivity index is 1.48. The van der Waals surface area contributed by atoms with Crippen molar-refractivity contribution < 1.29 is 4.74 Å². The zero-order chi connectivity index (χ0) is 19.1. The molecule has 1 fully saturated rings. The number of nitrogens with zero attached hydrogens (tertiary/aromatic N) is 3. The predicted molar refractivity (Wildman–Crippen MR) is 111 cm³/mol. The van der Waals surface area contributed by atoms with Gasteiger partial charge in [0.2, 0.25) is 5.95 Å². The van der Waals surface area contributed by atoms with Gasteiger partial charge in [-0.2, -0.15) is 4.98 Å². The van der Waals surface area contributed by atoms with E-state index >= 15 is 0 Å². The summed E-state index contributed by atoms with van der Waals surface area (Å²) in [4.78, 5) is 11.3. The quantitative estimate of drug-likeness (QED) is 0.648. The molecule has 2 aromatic rings. The molecule has 1 aromatic heterocycles. The van der Waals surface area contributed by atoms with Crippen molar-refractivity contribution in [2.24, 2.45) is 5.92 Å². The van der Waals surface area contributed by atoms with Crippen LogP contribution in [0, 0.1) is 5.92 Å². The summed E-state index contributed by atoms with van der Waals surface area (Å²) in [6, 6.07) is 10.1. The van der Waals surface area contributed by atoms with Crippen molar-refractivity contribution in [1.82, 2.24) is 14.9 Å². The van der Waals surface area contributed by atoms with E-state index in [2.05, 4.69) is 46.3 Å². The standard InChI is InChI=1S/C21H31N5O/c1-16(2)23-20-8-10-22-21(25-20)24-18-6-4-7-19(14-18)27-13-5-11-26-12-9-17(3)15-26/h4,6-8,10,14,16-17H,5,9,11-13,15H2,1-3H3,(H2,22,23,24,25)/t17-/m1/s1. The highest BCUT2D eigenvalue weighted by Gasteiger charge is 2.17. The lowest BCUT2D eigenvalue weighted by Gasteiger charge is -2.15. The average Bonchev–Trinajstić information content (AvgIpc) is 3.04. The molecule has 1 saturated heterocycles. The SMILES string of the molecule is CC(C)Nc1ccnc(Nc2cccc(OCCCN3CC[C@@H](C)C3)c2)n1. The first-order valence-corrected chi connectivity index (χ1v) is 9.90. The van der Waals surface area contributed by atoms with Crippen LogP contribution >= 0.6 is 0 Å². The first kappa shape index (κ1) is 19.4. The van der Waals surface area contributed by atoms with Crippen molar-refractivity contribution in [1.29, 1.82) is 0 Å². The summed E-state index contributed by atoms with van der Waals surface area (Å²) in [6.07, 6.45) is 4.13. The van der Waals surface area contributed by atoms with Crippen LogP contribution in [0.3, 0.4) is 0 Å². The first-order chi connectivity index (χ1) is 13.1. The maximum absolute atomic E-state index is 5.93. The van der Waals surface area contributed by atoms with Gasteiger partial charge in [0.05, 0.1) is 6.61 Å². The van der Waals surface area contributed by atoms with Crippen LogP contribution in [-0.4, -0.2) is 47.2 Å². The summed E-state index contributed by atoms with van der Waals surface area (Å²) in [6.45, 7) is 10.8. The topological polar surface area (TPSA) is 62.3 Å². The summed E-state index contributed by atoms with van der Waals surface area (Å²) < 4.78 is 5.93. The van der Waals surface area contributed by atoms with Gasteiger partial charge in [-0.15, -0.1) is 0 Å². The van der Waals surface area contributed by atoms with E-state index in [1.807, 2.05) is 30.3 Å². The number of likely N-dealkylation sites (tertiary alicyclic amines) is 1. The van der Waals surface area contributed by atoms with E-state index in [9.17, 15) is 0 Å². The summed E-state index contributed by atoms with van der Waals surface area (Å²) in [5.74, 6) is 3.09. The highest BCUT2D eigenvalue weighted by molar-refractivity contribution is 5.57. The van der Waals surface area contributed by atoms with Gasteiger partial charge in [-0.3, -0.25) is 0 Å². The number of ether oxygens (including phenoxy) is 1. The molecule has 2 N–H and O–H groups in total. The van der Waals surface area contributed by atoms with Crippen LogP contribution < -0.4 is 15.4 Å². The lowest BCUT2D eigenvalue weighted by molar-refractivity contribution is 0.260. The van der Waals surface area contributed by atoms with Gasteiger partial charge in [0, 0.05) is 37.1 Å². The summed E-state index contributed by atoms with van der Waals surface area (Å²) in [5, 5.41) is 6.53. The van der Waals surface area contributed by atoms with Crippen molar-refractivity contribution in [3.63, 3.8) is 0 Å². The molecule has 0 spiro atoms. The van der Waals surface area contributed by atoms with E-state index in [-0.39, 0.29) is 0 Å². The molecule has 0 unspecified atom stereocenters. The van der Waals surface area contributed by atoms with Gasteiger partial charge in [0.25, 0.3) is 0 Å². The number of nitrogens with one attached hydrogen (secondary N) is 2. The summed E-state index contributed by atoms with van der Waals surface area (Å²) in [5.41, 5.74) is 0.919. The fourth-order valence-electron chi connectivity index (χ4n) is 3.30. The van der Waals surface area contributed by atoms with E-state index < -0.39 is 0 Å². The fraction of sp³-hybridized carbons (Fsp3) is 0.524. The van der Waals surface area contributed by atoms with Gasteiger partial charge in [0.15, 0.2) is 0 Å². The van der Waals surface area contributed by atoms with Gasteiger partial charge < -0.3 is 20.3 Å². The van der Waals surface area contributed by atoms with Crippen molar-refractivity contribution in [3.8, 4) is 5.75 Å². The Labute approximate surface area is 162 Å². The van der Waals surface area contributed by atoms with Gasteiger partial charge in [-0.25, -0.2) is 4.98 Å². The molecular formula is C21H31N5O. The minimum absolute atomic E-state index is 0.327. The van der Waals surface area contributed by atoms with E-state index in [1.165, 1.54) is 19.5 Å². The maximum Gasteiger partial charge on any atom is 0.229 e. The second kappa shape index (κ2) is 9.55. The largest absolute Gasteiger partial charge is 0.493 e. The number of anilines is 3. The highest BCUT2D eigenvalue weighted by Crippen LogP contribution is 2.21. The average molecular weight is 370 g/mol. The highest BCUT2D eigenvalue weighted by atomic mass is 16.5.